The van der Waals surface area contributed by atoms with Crippen LogP contribution in [-0.2, 0) is 12.3 Å². The van der Waals surface area contributed by atoms with Gasteiger partial charge in [0.15, 0.2) is 5.16 Å². The lowest BCUT2D eigenvalue weighted by molar-refractivity contribution is 0.874. The molecule has 0 aliphatic carbocycles. The molecular formula is C13H15N3S. The van der Waals surface area contributed by atoms with E-state index in [1.54, 1.807) is 18.0 Å². The van der Waals surface area contributed by atoms with Crippen LogP contribution in [0.2, 0.25) is 0 Å². The Morgan fingerprint density at radius 2 is 2.18 bits per heavy atom. The first kappa shape index (κ1) is 12.1. The van der Waals surface area contributed by atoms with Gasteiger partial charge in [-0.15, -0.1) is 0 Å². The Kier molecular flexibility index (Phi) is 4.12. The number of nitrogens with zero attached hydrogens (tertiary/aromatic N) is 2. The molecule has 88 valence electrons. The zero-order valence-electron chi connectivity index (χ0n) is 9.76. The maximum absolute atomic E-state index is 5.55. The van der Waals surface area contributed by atoms with E-state index in [0.717, 1.165) is 16.6 Å². The lowest BCUT2D eigenvalue weighted by Gasteiger charge is -2.03. The molecule has 0 spiro atoms. The molecule has 2 aromatic rings. The Morgan fingerprint density at radius 3 is 2.94 bits per heavy atom. The highest BCUT2D eigenvalue weighted by Gasteiger charge is 2.00. The van der Waals surface area contributed by atoms with Gasteiger partial charge in [-0.1, -0.05) is 41.6 Å². The Labute approximate surface area is 105 Å². The van der Waals surface area contributed by atoms with Crippen LogP contribution in [0.25, 0.3) is 0 Å². The molecule has 0 atom stereocenters. The van der Waals surface area contributed by atoms with Crippen molar-refractivity contribution in [1.29, 1.82) is 0 Å². The molecule has 0 bridgehead atoms. The van der Waals surface area contributed by atoms with Gasteiger partial charge in [-0.05, 0) is 18.6 Å². The maximum atomic E-state index is 5.55. The molecule has 3 nitrogen and oxygen atoms in total. The van der Waals surface area contributed by atoms with Crippen molar-refractivity contribution in [2.24, 2.45) is 5.73 Å². The number of hydrogen-bond donors (Lipinski definition) is 1. The molecule has 1 aromatic carbocycles. The summed E-state index contributed by atoms with van der Waals surface area (Å²) in [5.74, 6) is 0.885. The third-order valence-electron chi connectivity index (χ3n) is 2.35. The summed E-state index contributed by atoms with van der Waals surface area (Å²) in [5, 5.41) is 0.787. The Hall–Kier alpha value is -1.39. The Balaban J connectivity index is 2.02. The molecule has 17 heavy (non-hydrogen) atoms. The summed E-state index contributed by atoms with van der Waals surface area (Å²) >= 11 is 1.63. The summed E-state index contributed by atoms with van der Waals surface area (Å²) in [7, 11) is 0. The van der Waals surface area contributed by atoms with Gasteiger partial charge in [-0.2, -0.15) is 0 Å². The number of thioether (sulfide) groups is 1. The van der Waals surface area contributed by atoms with E-state index in [2.05, 4.69) is 41.2 Å². The predicted octanol–water partition coefficient (Wildman–Crippen LogP) is 2.54. The summed E-state index contributed by atoms with van der Waals surface area (Å²) in [6, 6.07) is 10.3. The minimum atomic E-state index is 0.459. The van der Waals surface area contributed by atoms with Crippen LogP contribution in [0.1, 0.15) is 16.8 Å². The van der Waals surface area contributed by atoms with Crippen LogP contribution in [0.3, 0.4) is 0 Å². The van der Waals surface area contributed by atoms with E-state index >= 15 is 0 Å². The average Bonchev–Trinajstić information content (AvgIpc) is 2.37. The minimum Gasteiger partial charge on any atom is -0.325 e. The van der Waals surface area contributed by atoms with E-state index in [1.807, 2.05) is 6.07 Å². The maximum Gasteiger partial charge on any atom is 0.188 e. The lowest BCUT2D eigenvalue weighted by Crippen LogP contribution is -2.00. The monoisotopic (exact) mass is 245 g/mol. The van der Waals surface area contributed by atoms with Crippen molar-refractivity contribution < 1.29 is 0 Å². The molecule has 0 aliphatic heterocycles. The zero-order chi connectivity index (χ0) is 12.1. The first-order valence-electron chi connectivity index (χ1n) is 5.48. The van der Waals surface area contributed by atoms with E-state index < -0.39 is 0 Å². The van der Waals surface area contributed by atoms with Gasteiger partial charge in [-0.25, -0.2) is 9.97 Å². The van der Waals surface area contributed by atoms with E-state index in [-0.39, 0.29) is 0 Å². The molecule has 0 saturated heterocycles. The van der Waals surface area contributed by atoms with Crippen LogP contribution >= 0.6 is 11.8 Å². The van der Waals surface area contributed by atoms with Gasteiger partial charge >= 0.3 is 0 Å². The van der Waals surface area contributed by atoms with Crippen molar-refractivity contribution in [2.75, 3.05) is 0 Å². The number of aromatic nitrogens is 2. The Morgan fingerprint density at radius 1 is 1.29 bits per heavy atom. The summed E-state index contributed by atoms with van der Waals surface area (Å²) in [6.07, 6.45) is 1.76. The first-order valence-corrected chi connectivity index (χ1v) is 6.47. The second kappa shape index (κ2) is 5.80. The number of nitrogens with two attached hydrogens (primary N) is 1. The summed E-state index contributed by atoms with van der Waals surface area (Å²) < 4.78 is 0. The molecule has 0 radical (unpaired) electrons. The van der Waals surface area contributed by atoms with Gasteiger partial charge in [0.25, 0.3) is 0 Å². The highest BCUT2D eigenvalue weighted by Crippen LogP contribution is 2.19. The molecule has 4 heteroatoms. The van der Waals surface area contributed by atoms with Crippen LogP contribution in [-0.4, -0.2) is 9.97 Å². The SMILES string of the molecule is Cc1cccc(CSc2nccc(CN)n2)c1. The van der Waals surface area contributed by atoms with Crippen LogP contribution in [0, 0.1) is 6.92 Å². The lowest BCUT2D eigenvalue weighted by atomic mass is 10.2. The molecule has 1 aromatic heterocycles. The molecular weight excluding hydrogens is 230 g/mol. The standard InChI is InChI=1S/C13H15N3S/c1-10-3-2-4-11(7-10)9-17-13-15-6-5-12(8-14)16-13/h2-7H,8-9,14H2,1H3. The van der Waals surface area contributed by atoms with Crippen LogP contribution < -0.4 is 5.73 Å². The largest absolute Gasteiger partial charge is 0.325 e. The van der Waals surface area contributed by atoms with Crippen molar-refractivity contribution in [3.63, 3.8) is 0 Å². The molecule has 2 N–H and O–H groups in total. The van der Waals surface area contributed by atoms with E-state index in [1.165, 1.54) is 11.1 Å². The minimum absolute atomic E-state index is 0.459. The molecule has 0 unspecified atom stereocenters. The first-order chi connectivity index (χ1) is 8.28. The van der Waals surface area contributed by atoms with Gasteiger partial charge in [-0.3, -0.25) is 0 Å². The van der Waals surface area contributed by atoms with Crippen molar-refractivity contribution in [1.82, 2.24) is 9.97 Å². The van der Waals surface area contributed by atoms with Crippen molar-refractivity contribution in [2.45, 2.75) is 24.4 Å². The second-order valence-electron chi connectivity index (χ2n) is 3.81. The quantitative estimate of drug-likeness (QED) is 0.664. The number of rotatable bonds is 4. The smallest absolute Gasteiger partial charge is 0.188 e. The Bertz CT molecular complexity index is 500. The van der Waals surface area contributed by atoms with Crippen molar-refractivity contribution in [3.8, 4) is 0 Å². The van der Waals surface area contributed by atoms with Gasteiger partial charge in [0.2, 0.25) is 0 Å². The molecule has 0 fully saturated rings. The molecule has 2 rings (SSSR count). The zero-order valence-corrected chi connectivity index (χ0v) is 10.6. The second-order valence-corrected chi connectivity index (χ2v) is 4.75. The average molecular weight is 245 g/mol. The van der Waals surface area contributed by atoms with Crippen LogP contribution in [0.5, 0.6) is 0 Å². The van der Waals surface area contributed by atoms with E-state index in [9.17, 15) is 0 Å². The summed E-state index contributed by atoms with van der Waals surface area (Å²) in [4.78, 5) is 8.58. The number of aryl methyl sites for hydroxylation is 1. The number of benzene rings is 1. The third kappa shape index (κ3) is 3.54. The predicted molar refractivity (Wildman–Crippen MR) is 70.7 cm³/mol. The van der Waals surface area contributed by atoms with Crippen molar-refractivity contribution in [3.05, 3.63) is 53.3 Å². The van der Waals surface area contributed by atoms with E-state index in [4.69, 9.17) is 5.73 Å². The van der Waals surface area contributed by atoms with Gasteiger partial charge < -0.3 is 5.73 Å². The highest BCUT2D eigenvalue weighted by atomic mass is 32.2. The topological polar surface area (TPSA) is 51.8 Å². The fourth-order valence-corrected chi connectivity index (χ4v) is 2.30. The van der Waals surface area contributed by atoms with Crippen LogP contribution in [0.15, 0.2) is 41.7 Å². The normalized spacial score (nSPS) is 10.5. The molecule has 0 aliphatic rings. The van der Waals surface area contributed by atoms with Crippen molar-refractivity contribution >= 4 is 11.8 Å². The summed E-state index contributed by atoms with van der Waals surface area (Å²) in [6.45, 7) is 2.56. The van der Waals surface area contributed by atoms with Gasteiger partial charge in [0, 0.05) is 18.5 Å². The molecule has 0 saturated carbocycles. The molecule has 1 heterocycles. The number of hydrogen-bond acceptors (Lipinski definition) is 4. The summed E-state index contributed by atoms with van der Waals surface area (Å²) in [5.41, 5.74) is 8.99. The van der Waals surface area contributed by atoms with E-state index in [0.29, 0.717) is 6.54 Å². The van der Waals surface area contributed by atoms with Gasteiger partial charge in [0.1, 0.15) is 0 Å². The fourth-order valence-electron chi connectivity index (χ4n) is 1.51. The third-order valence-corrected chi connectivity index (χ3v) is 3.28. The van der Waals surface area contributed by atoms with Crippen LogP contribution in [0.4, 0.5) is 0 Å². The fraction of sp³-hybridized carbons (Fsp3) is 0.231. The highest BCUT2D eigenvalue weighted by molar-refractivity contribution is 7.98. The molecule has 0 amide bonds. The van der Waals surface area contributed by atoms with Gasteiger partial charge in [0.05, 0.1) is 5.69 Å².